The highest BCUT2D eigenvalue weighted by Gasteiger charge is 2.33. The molecule has 1 unspecified atom stereocenters. The van der Waals surface area contributed by atoms with Crippen LogP contribution in [0.15, 0.2) is 53.9 Å². The summed E-state index contributed by atoms with van der Waals surface area (Å²) in [6.07, 6.45) is -4.30. The number of ether oxygens (including phenoxy) is 1. The Kier molecular flexibility index (Phi) is 5.01. The number of thiophene rings is 1. The molecule has 24 heavy (non-hydrogen) atoms. The van der Waals surface area contributed by atoms with Crippen LogP contribution in [0.25, 0.3) is 10.1 Å². The van der Waals surface area contributed by atoms with Gasteiger partial charge in [0.1, 0.15) is 11.9 Å². The molecular weight excluding hydrogens is 357 g/mol. The van der Waals surface area contributed by atoms with Crippen LogP contribution >= 0.6 is 22.9 Å². The molecule has 3 aromatic rings. The third kappa shape index (κ3) is 3.68. The summed E-state index contributed by atoms with van der Waals surface area (Å²) in [4.78, 5) is 0. The third-order valence-corrected chi connectivity index (χ3v) is 4.75. The Morgan fingerprint density at radius 1 is 1.08 bits per heavy atom. The van der Waals surface area contributed by atoms with Crippen molar-refractivity contribution in [2.75, 3.05) is 5.88 Å². The highest BCUT2D eigenvalue weighted by molar-refractivity contribution is 7.17. The Balaban J connectivity index is 1.99. The van der Waals surface area contributed by atoms with Crippen LogP contribution in [0.4, 0.5) is 13.2 Å². The summed E-state index contributed by atoms with van der Waals surface area (Å²) in [6, 6.07) is 13.6. The average Bonchev–Trinajstić information content (AvgIpc) is 3.02. The molecule has 1 aromatic heterocycles. The molecule has 0 saturated carbocycles. The van der Waals surface area contributed by atoms with Gasteiger partial charge in [-0.05, 0) is 29.1 Å². The van der Waals surface area contributed by atoms with Gasteiger partial charge in [-0.15, -0.1) is 22.9 Å². The summed E-state index contributed by atoms with van der Waals surface area (Å²) >= 11 is 7.10. The van der Waals surface area contributed by atoms with E-state index in [1.165, 1.54) is 17.4 Å². The lowest BCUT2D eigenvalue weighted by atomic mass is 10.1. The van der Waals surface area contributed by atoms with Crippen molar-refractivity contribution in [3.05, 3.63) is 65.0 Å². The molecule has 1 heterocycles. The largest absolute Gasteiger partial charge is 0.486 e. The molecule has 126 valence electrons. The molecule has 0 fully saturated rings. The van der Waals surface area contributed by atoms with E-state index in [0.717, 1.165) is 11.6 Å². The second-order valence-electron chi connectivity index (χ2n) is 5.30. The number of rotatable bonds is 5. The zero-order chi connectivity index (χ0) is 17.2. The molecule has 0 spiro atoms. The van der Waals surface area contributed by atoms with Gasteiger partial charge in [0.05, 0.1) is 5.56 Å². The van der Waals surface area contributed by atoms with E-state index in [1.807, 2.05) is 30.3 Å². The minimum Gasteiger partial charge on any atom is -0.486 e. The van der Waals surface area contributed by atoms with E-state index in [9.17, 15) is 13.2 Å². The van der Waals surface area contributed by atoms with Crippen LogP contribution in [-0.4, -0.2) is 5.88 Å². The lowest BCUT2D eigenvalue weighted by Gasteiger charge is -2.20. The third-order valence-electron chi connectivity index (χ3n) is 3.67. The molecule has 1 atom stereocenters. The summed E-state index contributed by atoms with van der Waals surface area (Å²) in [5.74, 6) is 0.559. The quantitative estimate of drug-likeness (QED) is 0.456. The van der Waals surface area contributed by atoms with E-state index in [4.69, 9.17) is 16.3 Å². The van der Waals surface area contributed by atoms with Crippen molar-refractivity contribution < 1.29 is 17.9 Å². The normalized spacial score (nSPS) is 13.2. The Bertz CT molecular complexity index is 814. The number of halogens is 4. The summed E-state index contributed by atoms with van der Waals surface area (Å²) in [5.41, 5.74) is 0.215. The maximum Gasteiger partial charge on any atom is 0.417 e. The monoisotopic (exact) mass is 370 g/mol. The molecule has 0 aliphatic heterocycles. The zero-order valence-electron chi connectivity index (χ0n) is 12.5. The van der Waals surface area contributed by atoms with Crippen molar-refractivity contribution in [3.8, 4) is 5.75 Å². The summed E-state index contributed by atoms with van der Waals surface area (Å²) in [7, 11) is 0. The number of hydrogen-bond donors (Lipinski definition) is 0. The molecule has 0 amide bonds. The predicted octanol–water partition coefficient (Wildman–Crippen LogP) is 6.67. The fourth-order valence-electron chi connectivity index (χ4n) is 2.57. The maximum absolute atomic E-state index is 13.3. The molecular formula is C18H14ClF3OS. The van der Waals surface area contributed by atoms with E-state index in [1.54, 1.807) is 11.4 Å². The van der Waals surface area contributed by atoms with E-state index in [-0.39, 0.29) is 17.2 Å². The fourth-order valence-corrected chi connectivity index (χ4v) is 3.61. The molecule has 3 rings (SSSR count). The Morgan fingerprint density at radius 3 is 2.50 bits per heavy atom. The average molecular weight is 371 g/mol. The van der Waals surface area contributed by atoms with Crippen molar-refractivity contribution in [3.63, 3.8) is 0 Å². The number of fused-ring (bicyclic) bond motifs is 1. The molecule has 0 aliphatic carbocycles. The number of benzene rings is 2. The van der Waals surface area contributed by atoms with Crippen molar-refractivity contribution in [2.45, 2.75) is 18.7 Å². The zero-order valence-corrected chi connectivity index (χ0v) is 14.1. The van der Waals surface area contributed by atoms with Gasteiger partial charge in [0.2, 0.25) is 0 Å². The minimum absolute atomic E-state index is 0.202. The van der Waals surface area contributed by atoms with Gasteiger partial charge in [0.25, 0.3) is 0 Å². The van der Waals surface area contributed by atoms with Crippen LogP contribution < -0.4 is 4.74 Å². The first-order chi connectivity index (χ1) is 11.5. The molecule has 6 heteroatoms. The van der Waals surface area contributed by atoms with Gasteiger partial charge < -0.3 is 4.74 Å². The first-order valence-corrected chi connectivity index (χ1v) is 8.76. The molecule has 0 radical (unpaired) electrons. The molecule has 0 saturated heterocycles. The van der Waals surface area contributed by atoms with E-state index >= 15 is 0 Å². The number of alkyl halides is 4. The smallest absolute Gasteiger partial charge is 0.417 e. The summed E-state index contributed by atoms with van der Waals surface area (Å²) in [6.45, 7) is 0. The van der Waals surface area contributed by atoms with Gasteiger partial charge in [0.15, 0.2) is 0 Å². The summed E-state index contributed by atoms with van der Waals surface area (Å²) in [5, 5.41) is 1.85. The predicted molar refractivity (Wildman–Crippen MR) is 92.0 cm³/mol. The first-order valence-electron chi connectivity index (χ1n) is 7.35. The van der Waals surface area contributed by atoms with Crippen molar-refractivity contribution in [1.29, 1.82) is 0 Å². The Hall–Kier alpha value is -1.72. The molecule has 0 aliphatic rings. The van der Waals surface area contributed by atoms with Gasteiger partial charge in [-0.2, -0.15) is 13.2 Å². The standard InChI is InChI=1S/C18H14ClF3OS/c19-8-6-16(12-4-2-1-3-5-12)23-13-10-15(18(20,21)22)14-7-9-24-17(14)11-13/h1-5,7,9-11,16H,6,8H2. The number of hydrogen-bond acceptors (Lipinski definition) is 2. The molecule has 0 bridgehead atoms. The van der Waals surface area contributed by atoms with Crippen LogP contribution in [0.3, 0.4) is 0 Å². The van der Waals surface area contributed by atoms with E-state index in [2.05, 4.69) is 0 Å². The van der Waals surface area contributed by atoms with Crippen LogP contribution in [0, 0.1) is 0 Å². The van der Waals surface area contributed by atoms with Crippen molar-refractivity contribution >= 4 is 33.0 Å². The lowest BCUT2D eigenvalue weighted by Crippen LogP contribution is -2.10. The van der Waals surface area contributed by atoms with E-state index in [0.29, 0.717) is 17.0 Å². The van der Waals surface area contributed by atoms with Gasteiger partial charge in [0, 0.05) is 22.4 Å². The van der Waals surface area contributed by atoms with Crippen LogP contribution in [0.2, 0.25) is 0 Å². The first kappa shape index (κ1) is 17.1. The van der Waals surface area contributed by atoms with Gasteiger partial charge in [-0.25, -0.2) is 0 Å². The highest BCUT2D eigenvalue weighted by Crippen LogP contribution is 2.40. The van der Waals surface area contributed by atoms with Crippen LogP contribution in [0.5, 0.6) is 5.75 Å². The maximum atomic E-state index is 13.3. The van der Waals surface area contributed by atoms with Gasteiger partial charge in [-0.3, -0.25) is 0 Å². The van der Waals surface area contributed by atoms with Gasteiger partial charge in [-0.1, -0.05) is 30.3 Å². The molecule has 0 N–H and O–H groups in total. The van der Waals surface area contributed by atoms with Crippen molar-refractivity contribution in [2.24, 2.45) is 0 Å². The highest BCUT2D eigenvalue weighted by atomic mass is 35.5. The second kappa shape index (κ2) is 7.03. The van der Waals surface area contributed by atoms with E-state index < -0.39 is 11.7 Å². The molecule has 1 nitrogen and oxygen atoms in total. The van der Waals surface area contributed by atoms with Crippen LogP contribution in [-0.2, 0) is 6.18 Å². The van der Waals surface area contributed by atoms with Crippen LogP contribution in [0.1, 0.15) is 23.7 Å². The summed E-state index contributed by atoms with van der Waals surface area (Å²) < 4.78 is 46.4. The molecule has 2 aromatic carbocycles. The van der Waals surface area contributed by atoms with Gasteiger partial charge >= 0.3 is 6.18 Å². The lowest BCUT2D eigenvalue weighted by molar-refractivity contribution is -0.136. The Morgan fingerprint density at radius 2 is 1.83 bits per heavy atom. The fraction of sp³-hybridized carbons (Fsp3) is 0.222. The topological polar surface area (TPSA) is 9.23 Å². The Labute approximate surface area is 146 Å². The minimum atomic E-state index is -4.42. The second-order valence-corrected chi connectivity index (χ2v) is 6.62. The van der Waals surface area contributed by atoms with Crippen molar-refractivity contribution in [1.82, 2.24) is 0 Å². The SMILES string of the molecule is FC(F)(F)c1cc(OC(CCCl)c2ccccc2)cc2sccc12.